The van der Waals surface area contributed by atoms with Gasteiger partial charge < -0.3 is 19.6 Å². The minimum absolute atomic E-state index is 0. The van der Waals surface area contributed by atoms with Crippen LogP contribution in [0.1, 0.15) is 12.0 Å². The van der Waals surface area contributed by atoms with Crippen molar-refractivity contribution < 1.29 is 19.4 Å². The van der Waals surface area contributed by atoms with E-state index in [4.69, 9.17) is 9.84 Å². The van der Waals surface area contributed by atoms with Crippen LogP contribution in [-0.4, -0.2) is 61.3 Å². The molecule has 1 aromatic carbocycles. The van der Waals surface area contributed by atoms with Gasteiger partial charge >= 0.3 is 5.97 Å². The maximum absolute atomic E-state index is 12.1. The molecule has 1 atom stereocenters. The lowest BCUT2D eigenvalue weighted by molar-refractivity contribution is -0.141. The first kappa shape index (κ1) is 22.3. The molecule has 0 radical (unpaired) electrons. The average Bonchev–Trinajstić information content (AvgIpc) is 3.11. The molecule has 0 spiro atoms. The first-order chi connectivity index (χ1) is 11.6. The molecule has 1 unspecified atom stereocenters. The molecule has 2 saturated heterocycles. The van der Waals surface area contributed by atoms with Crippen molar-refractivity contribution in [1.29, 1.82) is 0 Å². The number of benzene rings is 1. The van der Waals surface area contributed by atoms with Gasteiger partial charge in [0.2, 0.25) is 5.91 Å². The Morgan fingerprint density at radius 2 is 1.73 bits per heavy atom. The van der Waals surface area contributed by atoms with Crippen molar-refractivity contribution in [2.24, 2.45) is 5.92 Å². The summed E-state index contributed by atoms with van der Waals surface area (Å²) in [5.41, 5.74) is 2.11. The van der Waals surface area contributed by atoms with E-state index in [1.54, 1.807) is 11.0 Å². The number of likely N-dealkylation sites (tertiary alicyclic amines) is 1. The van der Waals surface area contributed by atoms with Crippen LogP contribution in [-0.2, 0) is 14.3 Å². The summed E-state index contributed by atoms with van der Waals surface area (Å²) in [5, 5.41) is 8.99. The molecule has 1 amide bonds. The molecule has 26 heavy (non-hydrogen) atoms. The zero-order valence-corrected chi connectivity index (χ0v) is 16.0. The number of halogens is 2. The minimum Gasteiger partial charge on any atom is -0.481 e. The number of amides is 1. The van der Waals surface area contributed by atoms with Gasteiger partial charge in [-0.15, -0.1) is 24.8 Å². The Morgan fingerprint density at radius 3 is 2.31 bits per heavy atom. The maximum atomic E-state index is 12.1. The number of carbonyl (C=O) groups is 2. The highest BCUT2D eigenvalue weighted by Crippen LogP contribution is 2.19. The van der Waals surface area contributed by atoms with Crippen molar-refractivity contribution >= 4 is 48.5 Å². The van der Waals surface area contributed by atoms with Crippen LogP contribution in [0.15, 0.2) is 30.3 Å². The van der Waals surface area contributed by atoms with Crippen LogP contribution in [0.4, 0.5) is 5.69 Å². The van der Waals surface area contributed by atoms with Gasteiger partial charge in [-0.05, 0) is 30.2 Å². The summed E-state index contributed by atoms with van der Waals surface area (Å²) < 4.78 is 5.35. The number of rotatable bonds is 4. The fourth-order valence-electron chi connectivity index (χ4n) is 3.05. The molecule has 2 fully saturated rings. The first-order valence-electron chi connectivity index (χ1n) is 8.26. The van der Waals surface area contributed by atoms with Crippen LogP contribution in [0.3, 0.4) is 0 Å². The monoisotopic (exact) mass is 402 g/mol. The van der Waals surface area contributed by atoms with Crippen molar-refractivity contribution in [3.05, 3.63) is 35.9 Å². The number of nitrogens with zero attached hydrogens (tertiary/aromatic N) is 2. The largest absolute Gasteiger partial charge is 0.481 e. The molecule has 2 heterocycles. The second-order valence-electron chi connectivity index (χ2n) is 6.13. The van der Waals surface area contributed by atoms with Crippen molar-refractivity contribution in [2.75, 3.05) is 44.3 Å². The lowest BCUT2D eigenvalue weighted by atomic mass is 10.1. The Bertz CT molecular complexity index is 631. The van der Waals surface area contributed by atoms with Crippen molar-refractivity contribution in [1.82, 2.24) is 4.90 Å². The summed E-state index contributed by atoms with van der Waals surface area (Å²) in [6.45, 7) is 4.11. The van der Waals surface area contributed by atoms with E-state index in [0.29, 0.717) is 19.5 Å². The molecule has 0 saturated carbocycles. The highest BCUT2D eigenvalue weighted by Gasteiger charge is 2.29. The molecule has 3 rings (SSSR count). The summed E-state index contributed by atoms with van der Waals surface area (Å²) in [5.74, 6) is -1.39. The Balaban J connectivity index is 0.00000169. The summed E-state index contributed by atoms with van der Waals surface area (Å²) in [7, 11) is 0. The number of carbonyl (C=O) groups excluding carboxylic acids is 1. The minimum atomic E-state index is -0.826. The van der Waals surface area contributed by atoms with Crippen LogP contribution in [0.5, 0.6) is 0 Å². The fourth-order valence-corrected chi connectivity index (χ4v) is 3.05. The van der Waals surface area contributed by atoms with E-state index in [9.17, 15) is 9.59 Å². The lowest BCUT2D eigenvalue weighted by Crippen LogP contribution is -2.36. The smallest absolute Gasteiger partial charge is 0.308 e. The van der Waals surface area contributed by atoms with E-state index in [1.165, 1.54) is 6.08 Å². The SMILES string of the molecule is Cl.Cl.O=C(O)C1CCN(C(=O)C=Cc2ccc(N3CCOCC3)cc2)C1. The molecule has 0 aliphatic carbocycles. The van der Waals surface area contributed by atoms with E-state index in [0.717, 1.165) is 37.6 Å². The van der Waals surface area contributed by atoms with Crippen molar-refractivity contribution in [3.63, 3.8) is 0 Å². The van der Waals surface area contributed by atoms with Gasteiger partial charge in [-0.1, -0.05) is 12.1 Å². The molecular formula is C18H24Cl2N2O4. The number of ether oxygens (including phenoxy) is 1. The van der Waals surface area contributed by atoms with Crippen LogP contribution in [0.2, 0.25) is 0 Å². The van der Waals surface area contributed by atoms with E-state index >= 15 is 0 Å². The molecule has 1 N–H and O–H groups in total. The number of aliphatic carboxylic acids is 1. The van der Waals surface area contributed by atoms with Crippen LogP contribution < -0.4 is 4.90 Å². The normalized spacial score (nSPS) is 19.8. The molecule has 6 nitrogen and oxygen atoms in total. The van der Waals surface area contributed by atoms with Gasteiger partial charge in [-0.3, -0.25) is 9.59 Å². The van der Waals surface area contributed by atoms with Crippen LogP contribution in [0, 0.1) is 5.92 Å². The Kier molecular flexibility index (Phi) is 8.92. The Hall–Kier alpha value is -1.76. The van der Waals surface area contributed by atoms with E-state index < -0.39 is 11.9 Å². The van der Waals surface area contributed by atoms with Gasteiger partial charge in [0.05, 0.1) is 19.1 Å². The lowest BCUT2D eigenvalue weighted by Gasteiger charge is -2.28. The van der Waals surface area contributed by atoms with Gasteiger partial charge in [0.15, 0.2) is 0 Å². The van der Waals surface area contributed by atoms with Gasteiger partial charge in [-0.2, -0.15) is 0 Å². The van der Waals surface area contributed by atoms with Crippen molar-refractivity contribution in [3.8, 4) is 0 Å². The second kappa shape index (κ2) is 10.4. The molecule has 144 valence electrons. The molecule has 2 aliphatic rings. The number of hydrogen-bond acceptors (Lipinski definition) is 4. The third-order valence-corrected chi connectivity index (χ3v) is 4.54. The first-order valence-corrected chi connectivity index (χ1v) is 8.26. The summed E-state index contributed by atoms with van der Waals surface area (Å²) in [6.07, 6.45) is 3.83. The second-order valence-corrected chi connectivity index (χ2v) is 6.13. The quantitative estimate of drug-likeness (QED) is 0.782. The van der Waals surface area contributed by atoms with Crippen LogP contribution in [0.25, 0.3) is 6.08 Å². The predicted octanol–water partition coefficient (Wildman–Crippen LogP) is 2.31. The molecule has 1 aromatic rings. The number of morpholine rings is 1. The molecule has 0 aromatic heterocycles. The van der Waals surface area contributed by atoms with Gasteiger partial charge in [-0.25, -0.2) is 0 Å². The highest BCUT2D eigenvalue weighted by molar-refractivity contribution is 5.92. The molecule has 2 aliphatic heterocycles. The standard InChI is InChI=1S/C18H22N2O4.2ClH/c21-17(20-8-7-15(13-20)18(22)23)6-3-14-1-4-16(5-2-14)19-9-11-24-12-10-19;;/h1-6,15H,7-13H2,(H,22,23);2*1H. The summed E-state index contributed by atoms with van der Waals surface area (Å²) >= 11 is 0. The average molecular weight is 403 g/mol. The van der Waals surface area contributed by atoms with Gasteiger partial charge in [0, 0.05) is 37.9 Å². The van der Waals surface area contributed by atoms with Gasteiger partial charge in [0.25, 0.3) is 0 Å². The number of carboxylic acids is 1. The number of carboxylic acid groups (broad SMARTS) is 1. The Labute approximate surface area is 165 Å². The highest BCUT2D eigenvalue weighted by atomic mass is 35.5. The maximum Gasteiger partial charge on any atom is 0.308 e. The summed E-state index contributed by atoms with van der Waals surface area (Å²) in [4.78, 5) is 26.9. The van der Waals surface area contributed by atoms with Gasteiger partial charge in [0.1, 0.15) is 0 Å². The van der Waals surface area contributed by atoms with Crippen molar-refractivity contribution in [2.45, 2.75) is 6.42 Å². The molecule has 0 bridgehead atoms. The van der Waals surface area contributed by atoms with E-state index in [-0.39, 0.29) is 30.7 Å². The zero-order valence-electron chi connectivity index (χ0n) is 14.4. The fraction of sp³-hybridized carbons (Fsp3) is 0.444. The zero-order chi connectivity index (χ0) is 16.9. The third-order valence-electron chi connectivity index (χ3n) is 4.54. The van der Waals surface area contributed by atoms with E-state index in [1.807, 2.05) is 24.3 Å². The topological polar surface area (TPSA) is 70.1 Å². The Morgan fingerprint density at radius 1 is 1.08 bits per heavy atom. The number of hydrogen-bond donors (Lipinski definition) is 1. The van der Waals surface area contributed by atoms with E-state index in [2.05, 4.69) is 4.90 Å². The predicted molar refractivity (Wildman–Crippen MR) is 105 cm³/mol. The third kappa shape index (κ3) is 5.62. The molecule has 8 heteroatoms. The number of anilines is 1. The van der Waals surface area contributed by atoms with Crippen LogP contribution >= 0.6 is 24.8 Å². The molecular weight excluding hydrogens is 379 g/mol. The summed E-state index contributed by atoms with van der Waals surface area (Å²) in [6, 6.07) is 8.06.